The van der Waals surface area contributed by atoms with Crippen LogP contribution >= 0.6 is 27.5 Å². The van der Waals surface area contributed by atoms with E-state index in [-0.39, 0.29) is 18.3 Å². The van der Waals surface area contributed by atoms with Gasteiger partial charge in [-0.1, -0.05) is 23.7 Å². The Kier molecular flexibility index (Phi) is 4.87. The molecule has 4 nitrogen and oxygen atoms in total. The first-order valence-corrected chi connectivity index (χ1v) is 6.89. The molecule has 0 saturated carbocycles. The van der Waals surface area contributed by atoms with Gasteiger partial charge in [0, 0.05) is 5.02 Å². The van der Waals surface area contributed by atoms with Gasteiger partial charge in [0.2, 0.25) is 0 Å². The summed E-state index contributed by atoms with van der Waals surface area (Å²) in [6.45, 7) is -0.172. The molecule has 0 atom stereocenters. The van der Waals surface area contributed by atoms with Gasteiger partial charge in [0.25, 0.3) is 5.91 Å². The standard InChI is InChI=1S/C14H11BrClNO3/c15-10-7-9(16)5-6-13(10)20-8-14(19)17-11-3-1-2-4-12(11)18/h1-7,18H,8H2,(H,17,19). The Morgan fingerprint density at radius 3 is 2.75 bits per heavy atom. The van der Waals surface area contributed by atoms with Crippen LogP contribution in [-0.2, 0) is 4.79 Å². The number of carbonyl (C=O) groups is 1. The fourth-order valence-corrected chi connectivity index (χ4v) is 2.30. The third-order valence-electron chi connectivity index (χ3n) is 2.43. The number of anilines is 1. The van der Waals surface area contributed by atoms with Crippen LogP contribution in [0.15, 0.2) is 46.9 Å². The highest BCUT2D eigenvalue weighted by atomic mass is 79.9. The molecule has 2 aromatic carbocycles. The zero-order valence-electron chi connectivity index (χ0n) is 10.3. The van der Waals surface area contributed by atoms with Gasteiger partial charge < -0.3 is 15.2 Å². The van der Waals surface area contributed by atoms with Gasteiger partial charge in [0.15, 0.2) is 6.61 Å². The van der Waals surface area contributed by atoms with Crippen LogP contribution < -0.4 is 10.1 Å². The van der Waals surface area contributed by atoms with Crippen LogP contribution in [0.1, 0.15) is 0 Å². The quantitative estimate of drug-likeness (QED) is 0.819. The second-order valence-corrected chi connectivity index (χ2v) is 5.22. The molecule has 2 aromatic rings. The Morgan fingerprint density at radius 1 is 1.30 bits per heavy atom. The van der Waals surface area contributed by atoms with Crippen molar-refractivity contribution in [3.63, 3.8) is 0 Å². The number of rotatable bonds is 4. The lowest BCUT2D eigenvalue weighted by Gasteiger charge is -2.09. The number of phenols is 1. The minimum atomic E-state index is -0.367. The van der Waals surface area contributed by atoms with E-state index in [1.165, 1.54) is 6.07 Å². The molecule has 0 bridgehead atoms. The minimum absolute atomic E-state index is 0.00789. The summed E-state index contributed by atoms with van der Waals surface area (Å²) in [7, 11) is 0. The molecular weight excluding hydrogens is 346 g/mol. The van der Waals surface area contributed by atoms with Gasteiger partial charge in [-0.3, -0.25) is 4.79 Å². The number of phenolic OH excluding ortho intramolecular Hbond substituents is 1. The molecule has 0 fully saturated rings. The van der Waals surface area contributed by atoms with Crippen molar-refractivity contribution in [3.8, 4) is 11.5 Å². The maximum Gasteiger partial charge on any atom is 0.262 e. The van der Waals surface area contributed by atoms with E-state index in [1.54, 1.807) is 36.4 Å². The summed E-state index contributed by atoms with van der Waals surface area (Å²) >= 11 is 9.11. The normalized spacial score (nSPS) is 10.1. The lowest BCUT2D eigenvalue weighted by Crippen LogP contribution is -2.20. The minimum Gasteiger partial charge on any atom is -0.506 e. The molecule has 0 radical (unpaired) electrons. The van der Waals surface area contributed by atoms with Gasteiger partial charge in [0.1, 0.15) is 11.5 Å². The summed E-state index contributed by atoms with van der Waals surface area (Å²) in [5, 5.41) is 12.7. The number of halogens is 2. The van der Waals surface area contributed by atoms with Gasteiger partial charge >= 0.3 is 0 Å². The van der Waals surface area contributed by atoms with Crippen LogP contribution in [0.25, 0.3) is 0 Å². The molecule has 2 N–H and O–H groups in total. The van der Waals surface area contributed by atoms with E-state index in [2.05, 4.69) is 21.2 Å². The topological polar surface area (TPSA) is 58.6 Å². The maximum atomic E-state index is 11.7. The molecule has 0 unspecified atom stereocenters. The number of hydrogen-bond acceptors (Lipinski definition) is 3. The maximum absolute atomic E-state index is 11.7. The average molecular weight is 357 g/mol. The van der Waals surface area contributed by atoms with Crippen LogP contribution in [0.5, 0.6) is 11.5 Å². The molecule has 0 aliphatic carbocycles. The molecular formula is C14H11BrClNO3. The second-order valence-electron chi connectivity index (χ2n) is 3.93. The number of benzene rings is 2. The summed E-state index contributed by atoms with van der Waals surface area (Å²) in [6, 6.07) is 11.5. The molecule has 0 aliphatic rings. The summed E-state index contributed by atoms with van der Waals surface area (Å²) < 4.78 is 6.03. The fourth-order valence-electron chi connectivity index (χ4n) is 1.50. The Bertz CT molecular complexity index is 634. The van der Waals surface area contributed by atoms with Gasteiger partial charge in [0.05, 0.1) is 10.2 Å². The summed E-state index contributed by atoms with van der Waals surface area (Å²) in [4.78, 5) is 11.7. The summed E-state index contributed by atoms with van der Waals surface area (Å²) in [5.41, 5.74) is 0.344. The summed E-state index contributed by atoms with van der Waals surface area (Å²) in [6.07, 6.45) is 0. The molecule has 0 spiro atoms. The van der Waals surface area contributed by atoms with Crippen molar-refractivity contribution < 1.29 is 14.6 Å². The van der Waals surface area contributed by atoms with Gasteiger partial charge in [-0.2, -0.15) is 0 Å². The Morgan fingerprint density at radius 2 is 2.05 bits per heavy atom. The highest BCUT2D eigenvalue weighted by molar-refractivity contribution is 9.10. The van der Waals surface area contributed by atoms with Crippen LogP contribution in [0.3, 0.4) is 0 Å². The molecule has 0 saturated heterocycles. The molecule has 0 aromatic heterocycles. The highest BCUT2D eigenvalue weighted by Crippen LogP contribution is 2.28. The zero-order chi connectivity index (χ0) is 14.5. The van der Waals surface area contributed by atoms with E-state index >= 15 is 0 Å². The largest absolute Gasteiger partial charge is 0.506 e. The number of aromatic hydroxyl groups is 1. The number of nitrogens with one attached hydrogen (secondary N) is 1. The van der Waals surface area contributed by atoms with Gasteiger partial charge in [-0.05, 0) is 46.3 Å². The smallest absolute Gasteiger partial charge is 0.262 e. The molecule has 2 rings (SSSR count). The van der Waals surface area contributed by atoms with Crippen molar-refractivity contribution in [1.29, 1.82) is 0 Å². The molecule has 0 heterocycles. The Hall–Kier alpha value is -1.72. The Balaban J connectivity index is 1.94. The number of hydrogen-bond donors (Lipinski definition) is 2. The SMILES string of the molecule is O=C(COc1ccc(Cl)cc1Br)Nc1ccccc1O. The Labute approximate surface area is 129 Å². The van der Waals surface area contributed by atoms with Crippen molar-refractivity contribution in [1.82, 2.24) is 0 Å². The molecule has 6 heteroatoms. The summed E-state index contributed by atoms with van der Waals surface area (Å²) in [5.74, 6) is 0.156. The fraction of sp³-hybridized carbons (Fsp3) is 0.0714. The van der Waals surface area contributed by atoms with Crippen LogP contribution in [0.4, 0.5) is 5.69 Å². The van der Waals surface area contributed by atoms with Crippen molar-refractivity contribution in [2.75, 3.05) is 11.9 Å². The predicted octanol–water partition coefficient (Wildman–Crippen LogP) is 3.83. The number of ether oxygens (including phenoxy) is 1. The van der Waals surface area contributed by atoms with E-state index < -0.39 is 0 Å². The zero-order valence-corrected chi connectivity index (χ0v) is 12.6. The van der Waals surface area contributed by atoms with E-state index in [4.69, 9.17) is 16.3 Å². The first-order valence-electron chi connectivity index (χ1n) is 5.72. The first-order chi connectivity index (χ1) is 9.56. The number of carbonyl (C=O) groups excluding carboxylic acids is 1. The third-order valence-corrected chi connectivity index (χ3v) is 3.29. The predicted molar refractivity (Wildman–Crippen MR) is 81.4 cm³/mol. The van der Waals surface area contributed by atoms with Crippen molar-refractivity contribution in [2.24, 2.45) is 0 Å². The van der Waals surface area contributed by atoms with Gasteiger partial charge in [-0.15, -0.1) is 0 Å². The van der Waals surface area contributed by atoms with Crippen LogP contribution in [-0.4, -0.2) is 17.6 Å². The molecule has 0 aliphatic heterocycles. The van der Waals surface area contributed by atoms with Crippen molar-refractivity contribution in [2.45, 2.75) is 0 Å². The van der Waals surface area contributed by atoms with Crippen LogP contribution in [0, 0.1) is 0 Å². The van der Waals surface area contributed by atoms with E-state index in [9.17, 15) is 9.90 Å². The van der Waals surface area contributed by atoms with Crippen molar-refractivity contribution >= 4 is 39.1 Å². The molecule has 104 valence electrons. The lowest BCUT2D eigenvalue weighted by molar-refractivity contribution is -0.118. The number of amides is 1. The molecule has 20 heavy (non-hydrogen) atoms. The van der Waals surface area contributed by atoms with E-state index in [0.29, 0.717) is 20.9 Å². The monoisotopic (exact) mass is 355 g/mol. The van der Waals surface area contributed by atoms with Crippen LogP contribution in [0.2, 0.25) is 5.02 Å². The number of para-hydroxylation sites is 2. The third kappa shape index (κ3) is 3.88. The average Bonchev–Trinajstić information content (AvgIpc) is 2.40. The van der Waals surface area contributed by atoms with Crippen molar-refractivity contribution in [3.05, 3.63) is 52.0 Å². The van der Waals surface area contributed by atoms with E-state index in [0.717, 1.165) is 0 Å². The van der Waals surface area contributed by atoms with Gasteiger partial charge in [-0.25, -0.2) is 0 Å². The molecule has 1 amide bonds. The highest BCUT2D eigenvalue weighted by Gasteiger charge is 2.08. The lowest BCUT2D eigenvalue weighted by atomic mass is 10.3. The van der Waals surface area contributed by atoms with E-state index in [1.807, 2.05) is 0 Å². The first kappa shape index (κ1) is 14.7. The second kappa shape index (κ2) is 6.63.